The summed E-state index contributed by atoms with van der Waals surface area (Å²) in [5.74, 6) is 0.677. The SMILES string of the molecule is c1ccc(-c2ccc3c(c2)c2ccccc2n3-c2ccc3cc(-c4cccc5c4oc4c(-c6ccccc6)nc(-c6ccccc6)nc45)ccc3c2)cc1. The van der Waals surface area contributed by atoms with Gasteiger partial charge in [-0.2, -0.15) is 0 Å². The molecule has 0 amide bonds. The fourth-order valence-electron chi connectivity index (χ4n) is 8.00. The van der Waals surface area contributed by atoms with Gasteiger partial charge in [-0.15, -0.1) is 0 Å². The fraction of sp³-hybridized carbons (Fsp3) is 0. The highest BCUT2D eigenvalue weighted by atomic mass is 16.3. The van der Waals surface area contributed by atoms with Crippen molar-refractivity contribution in [2.24, 2.45) is 0 Å². The molecule has 0 aliphatic carbocycles. The van der Waals surface area contributed by atoms with Crippen LogP contribution in [0.1, 0.15) is 0 Å². The molecule has 4 heteroatoms. The highest BCUT2D eigenvalue weighted by Crippen LogP contribution is 2.41. The number of fused-ring (bicyclic) bond motifs is 7. The molecule has 54 heavy (non-hydrogen) atoms. The minimum absolute atomic E-state index is 0.677. The number of aromatic nitrogens is 3. The van der Waals surface area contributed by atoms with Crippen LogP contribution in [0.15, 0.2) is 192 Å². The lowest BCUT2D eigenvalue weighted by Crippen LogP contribution is -1.94. The Hall–Kier alpha value is -7.30. The quantitative estimate of drug-likeness (QED) is 0.181. The van der Waals surface area contributed by atoms with Gasteiger partial charge in [0.15, 0.2) is 11.4 Å². The number of hydrogen-bond acceptors (Lipinski definition) is 3. The van der Waals surface area contributed by atoms with Crippen molar-refractivity contribution in [1.82, 2.24) is 14.5 Å². The second-order valence-corrected chi connectivity index (χ2v) is 13.8. The predicted molar refractivity (Wildman–Crippen MR) is 223 cm³/mol. The summed E-state index contributed by atoms with van der Waals surface area (Å²) in [6, 6.07) is 66.3. The van der Waals surface area contributed by atoms with Gasteiger partial charge in [-0.25, -0.2) is 9.97 Å². The number of nitrogens with zero attached hydrogens (tertiary/aromatic N) is 3. The molecule has 0 aliphatic rings. The van der Waals surface area contributed by atoms with Gasteiger partial charge in [0.2, 0.25) is 0 Å². The molecule has 0 radical (unpaired) electrons. The first-order valence-electron chi connectivity index (χ1n) is 18.2. The Labute approximate surface area is 311 Å². The Morgan fingerprint density at radius 2 is 1.04 bits per heavy atom. The van der Waals surface area contributed by atoms with E-state index in [1.165, 1.54) is 38.3 Å². The van der Waals surface area contributed by atoms with Crippen molar-refractivity contribution in [2.75, 3.05) is 0 Å². The molecule has 0 N–H and O–H groups in total. The van der Waals surface area contributed by atoms with E-state index in [-0.39, 0.29) is 0 Å². The number of benzene rings is 8. The van der Waals surface area contributed by atoms with Crippen LogP contribution in [0, 0.1) is 0 Å². The summed E-state index contributed by atoms with van der Waals surface area (Å²) < 4.78 is 9.17. The Balaban J connectivity index is 1.04. The highest BCUT2D eigenvalue weighted by Gasteiger charge is 2.20. The molecule has 0 spiro atoms. The molecule has 11 rings (SSSR count). The van der Waals surface area contributed by atoms with Crippen LogP contribution in [-0.2, 0) is 0 Å². The van der Waals surface area contributed by atoms with Crippen LogP contribution in [0.4, 0.5) is 0 Å². The van der Waals surface area contributed by atoms with E-state index in [0.717, 1.165) is 55.5 Å². The Morgan fingerprint density at radius 1 is 0.389 bits per heavy atom. The summed E-state index contributed by atoms with van der Waals surface area (Å²) in [6.07, 6.45) is 0. The van der Waals surface area contributed by atoms with Gasteiger partial charge in [-0.3, -0.25) is 0 Å². The zero-order chi connectivity index (χ0) is 35.6. The third kappa shape index (κ3) is 4.85. The summed E-state index contributed by atoms with van der Waals surface area (Å²) >= 11 is 0. The zero-order valence-corrected chi connectivity index (χ0v) is 29.1. The van der Waals surface area contributed by atoms with Crippen molar-refractivity contribution in [1.29, 1.82) is 0 Å². The first-order chi connectivity index (χ1) is 26.8. The lowest BCUT2D eigenvalue weighted by molar-refractivity contribution is 0.668. The van der Waals surface area contributed by atoms with Crippen molar-refractivity contribution in [2.45, 2.75) is 0 Å². The van der Waals surface area contributed by atoms with Crippen molar-refractivity contribution in [3.8, 4) is 50.6 Å². The summed E-state index contributed by atoms with van der Waals surface area (Å²) in [4.78, 5) is 10.2. The molecule has 11 aromatic rings. The van der Waals surface area contributed by atoms with E-state index >= 15 is 0 Å². The third-order valence-electron chi connectivity index (χ3n) is 10.6. The lowest BCUT2D eigenvalue weighted by atomic mass is 9.99. The normalized spacial score (nSPS) is 11.7. The van der Waals surface area contributed by atoms with Gasteiger partial charge in [-0.05, 0) is 69.9 Å². The van der Waals surface area contributed by atoms with Crippen LogP contribution in [0.5, 0.6) is 0 Å². The molecule has 0 saturated heterocycles. The second kappa shape index (κ2) is 12.1. The topological polar surface area (TPSA) is 43.9 Å². The van der Waals surface area contributed by atoms with E-state index in [9.17, 15) is 0 Å². The first-order valence-corrected chi connectivity index (χ1v) is 18.2. The minimum Gasteiger partial charge on any atom is -0.451 e. The number of furan rings is 1. The van der Waals surface area contributed by atoms with Crippen LogP contribution in [-0.4, -0.2) is 14.5 Å². The second-order valence-electron chi connectivity index (χ2n) is 13.8. The van der Waals surface area contributed by atoms with Gasteiger partial charge in [0.25, 0.3) is 0 Å². The van der Waals surface area contributed by atoms with Gasteiger partial charge < -0.3 is 8.98 Å². The first kappa shape index (κ1) is 30.3. The molecule has 3 heterocycles. The predicted octanol–water partition coefficient (Wildman–Crippen LogP) is 13.3. The largest absolute Gasteiger partial charge is 0.451 e. The average molecular weight is 690 g/mol. The summed E-state index contributed by atoms with van der Waals surface area (Å²) in [5, 5.41) is 5.79. The van der Waals surface area contributed by atoms with Gasteiger partial charge in [0, 0.05) is 38.5 Å². The van der Waals surface area contributed by atoms with Crippen molar-refractivity contribution in [3.63, 3.8) is 0 Å². The number of hydrogen-bond donors (Lipinski definition) is 0. The van der Waals surface area contributed by atoms with Crippen LogP contribution >= 0.6 is 0 Å². The van der Waals surface area contributed by atoms with Crippen molar-refractivity contribution < 1.29 is 4.42 Å². The van der Waals surface area contributed by atoms with E-state index in [2.05, 4.69) is 144 Å². The maximum absolute atomic E-state index is 6.78. The van der Waals surface area contributed by atoms with Crippen LogP contribution in [0.3, 0.4) is 0 Å². The van der Waals surface area contributed by atoms with E-state index in [4.69, 9.17) is 14.4 Å². The molecule has 0 aliphatic heterocycles. The Kier molecular flexibility index (Phi) is 6.82. The summed E-state index contributed by atoms with van der Waals surface area (Å²) in [6.45, 7) is 0. The van der Waals surface area contributed by atoms with Gasteiger partial charge >= 0.3 is 0 Å². The Morgan fingerprint density at radius 3 is 1.85 bits per heavy atom. The van der Waals surface area contributed by atoms with E-state index in [1.54, 1.807) is 0 Å². The molecule has 252 valence electrons. The third-order valence-corrected chi connectivity index (χ3v) is 10.6. The molecule has 0 bridgehead atoms. The molecule has 0 saturated carbocycles. The Bertz CT molecular complexity index is 3200. The van der Waals surface area contributed by atoms with Crippen LogP contribution < -0.4 is 0 Å². The van der Waals surface area contributed by atoms with Crippen molar-refractivity contribution in [3.05, 3.63) is 188 Å². The summed E-state index contributed by atoms with van der Waals surface area (Å²) in [7, 11) is 0. The zero-order valence-electron chi connectivity index (χ0n) is 29.1. The number of rotatable bonds is 5. The minimum atomic E-state index is 0.677. The fourth-order valence-corrected chi connectivity index (χ4v) is 8.00. The van der Waals surface area contributed by atoms with Gasteiger partial charge in [0.1, 0.15) is 16.8 Å². The van der Waals surface area contributed by atoms with Crippen molar-refractivity contribution >= 4 is 54.6 Å². The number of para-hydroxylation sites is 2. The molecular weight excluding hydrogens is 659 g/mol. The standard InChI is InChI=1S/C50H31N3O/c1-4-13-32(14-5-1)37-26-28-45-43(31-37)41-19-10-11-22-44(41)53(45)39-27-25-35-29-38(24-23-36(35)30-39)40-20-12-21-42-47-49(54-48(40)42)46(33-15-6-2-7-16-33)51-50(52-47)34-17-8-3-9-18-34/h1-31H. The van der Waals surface area contributed by atoms with E-state index in [1.807, 2.05) is 48.5 Å². The molecule has 3 aromatic heterocycles. The molecular formula is C50H31N3O. The van der Waals surface area contributed by atoms with Gasteiger partial charge in [0.05, 0.1) is 11.0 Å². The molecule has 0 atom stereocenters. The maximum Gasteiger partial charge on any atom is 0.180 e. The van der Waals surface area contributed by atoms with E-state index in [0.29, 0.717) is 11.4 Å². The van der Waals surface area contributed by atoms with E-state index < -0.39 is 0 Å². The van der Waals surface area contributed by atoms with Crippen LogP contribution in [0.25, 0.3) is 105 Å². The van der Waals surface area contributed by atoms with Gasteiger partial charge in [-0.1, -0.05) is 146 Å². The smallest absolute Gasteiger partial charge is 0.180 e. The maximum atomic E-state index is 6.78. The highest BCUT2D eigenvalue weighted by molar-refractivity contribution is 6.12. The molecule has 0 fully saturated rings. The molecule has 4 nitrogen and oxygen atoms in total. The monoisotopic (exact) mass is 689 g/mol. The lowest BCUT2D eigenvalue weighted by Gasteiger charge is -2.11. The molecule has 0 unspecified atom stereocenters. The summed E-state index contributed by atoms with van der Waals surface area (Å²) in [5.41, 5.74) is 13.1. The molecule has 8 aromatic carbocycles. The average Bonchev–Trinajstić information content (AvgIpc) is 3.79. The van der Waals surface area contributed by atoms with Crippen LogP contribution in [0.2, 0.25) is 0 Å².